The Bertz CT molecular complexity index is 822. The number of ether oxygens (including phenoxy) is 1. The molecule has 0 spiro atoms. The third-order valence-corrected chi connectivity index (χ3v) is 5.31. The van der Waals surface area contributed by atoms with Crippen molar-refractivity contribution in [2.24, 2.45) is 0 Å². The monoisotopic (exact) mass is 375 g/mol. The molecule has 0 fully saturated rings. The van der Waals surface area contributed by atoms with E-state index < -0.39 is 15.4 Å². The predicted molar refractivity (Wildman–Crippen MR) is 102 cm³/mol. The van der Waals surface area contributed by atoms with Gasteiger partial charge in [-0.05, 0) is 63.6 Å². The van der Waals surface area contributed by atoms with Crippen LogP contribution in [0.15, 0.2) is 64.4 Å². The lowest BCUT2D eigenvalue weighted by Gasteiger charge is -2.19. The van der Waals surface area contributed by atoms with Gasteiger partial charge in [0, 0.05) is 18.7 Å². The van der Waals surface area contributed by atoms with Gasteiger partial charge in [-0.3, -0.25) is 4.79 Å². The second-order valence-electron chi connectivity index (χ2n) is 6.96. The molecule has 5 nitrogen and oxygen atoms in total. The van der Waals surface area contributed by atoms with Gasteiger partial charge in [0.2, 0.25) is 9.84 Å². The van der Waals surface area contributed by atoms with E-state index in [2.05, 4.69) is 5.32 Å². The highest BCUT2D eigenvalue weighted by molar-refractivity contribution is 7.91. The van der Waals surface area contributed by atoms with Gasteiger partial charge < -0.3 is 10.1 Å². The van der Waals surface area contributed by atoms with E-state index >= 15 is 0 Å². The van der Waals surface area contributed by atoms with Gasteiger partial charge in [0.15, 0.2) is 0 Å². The van der Waals surface area contributed by atoms with Crippen LogP contribution in [0.1, 0.15) is 33.6 Å². The number of sulfone groups is 1. The number of carbonyl (C=O) groups excluding carboxylic acids is 1. The van der Waals surface area contributed by atoms with Gasteiger partial charge in [0.25, 0.3) is 0 Å². The third-order valence-electron chi connectivity index (χ3n) is 3.52. The second-order valence-corrected chi connectivity index (χ2v) is 8.91. The fraction of sp³-hybridized carbons (Fsp3) is 0.350. The van der Waals surface area contributed by atoms with Crippen molar-refractivity contribution in [1.82, 2.24) is 0 Å². The highest BCUT2D eigenvalue weighted by Crippen LogP contribution is 2.22. The molecule has 2 aromatic carbocycles. The summed E-state index contributed by atoms with van der Waals surface area (Å²) in [4.78, 5) is 12.2. The van der Waals surface area contributed by atoms with Crippen molar-refractivity contribution in [3.63, 3.8) is 0 Å². The molecule has 1 N–H and O–H groups in total. The van der Waals surface area contributed by atoms with Gasteiger partial charge in [-0.25, -0.2) is 8.42 Å². The number of nitrogens with one attached hydrogen (secondary N) is 1. The van der Waals surface area contributed by atoms with E-state index in [1.807, 2.05) is 20.8 Å². The Hall–Kier alpha value is -2.34. The maximum absolute atomic E-state index is 12.5. The SMILES string of the molecule is CC(C)(C)OC(=O)CCCNc1ccc(S(=O)(=O)c2ccccc2)cc1. The van der Waals surface area contributed by atoms with Crippen molar-refractivity contribution in [2.75, 3.05) is 11.9 Å². The Morgan fingerprint density at radius 2 is 1.54 bits per heavy atom. The first kappa shape index (κ1) is 20.0. The maximum atomic E-state index is 12.5. The molecule has 140 valence electrons. The molecule has 0 atom stereocenters. The van der Waals surface area contributed by atoms with Crippen LogP contribution in [0.2, 0.25) is 0 Å². The molecule has 0 aliphatic carbocycles. The molecule has 0 saturated carbocycles. The molecule has 2 aromatic rings. The summed E-state index contributed by atoms with van der Waals surface area (Å²) in [6.45, 7) is 6.13. The lowest BCUT2D eigenvalue weighted by Crippen LogP contribution is -2.24. The van der Waals surface area contributed by atoms with Gasteiger partial charge in [0.1, 0.15) is 5.60 Å². The Balaban J connectivity index is 1.87. The van der Waals surface area contributed by atoms with Crippen molar-refractivity contribution in [3.8, 4) is 0 Å². The molecular weight excluding hydrogens is 350 g/mol. The number of anilines is 1. The maximum Gasteiger partial charge on any atom is 0.306 e. The molecule has 0 aromatic heterocycles. The van der Waals surface area contributed by atoms with Crippen LogP contribution in [0.3, 0.4) is 0 Å². The molecule has 0 unspecified atom stereocenters. The van der Waals surface area contributed by atoms with Crippen molar-refractivity contribution in [3.05, 3.63) is 54.6 Å². The summed E-state index contributed by atoms with van der Waals surface area (Å²) in [5.41, 5.74) is 0.339. The number of hydrogen-bond acceptors (Lipinski definition) is 5. The zero-order valence-electron chi connectivity index (χ0n) is 15.4. The van der Waals surface area contributed by atoms with Crippen molar-refractivity contribution < 1.29 is 17.9 Å². The van der Waals surface area contributed by atoms with E-state index in [1.165, 1.54) is 0 Å². The topological polar surface area (TPSA) is 72.5 Å². The Morgan fingerprint density at radius 3 is 2.12 bits per heavy atom. The van der Waals surface area contributed by atoms with E-state index in [0.717, 1.165) is 5.69 Å². The molecule has 2 rings (SSSR count). The van der Waals surface area contributed by atoms with Crippen LogP contribution in [-0.4, -0.2) is 26.5 Å². The first-order valence-corrected chi connectivity index (χ1v) is 10.0. The molecule has 0 aliphatic rings. The summed E-state index contributed by atoms with van der Waals surface area (Å²) < 4.78 is 30.3. The molecule has 0 heterocycles. The van der Waals surface area contributed by atoms with Crippen LogP contribution in [0, 0.1) is 0 Å². The Morgan fingerprint density at radius 1 is 0.962 bits per heavy atom. The van der Waals surface area contributed by atoms with Gasteiger partial charge in [0.05, 0.1) is 9.79 Å². The van der Waals surface area contributed by atoms with E-state index in [1.54, 1.807) is 54.6 Å². The zero-order valence-corrected chi connectivity index (χ0v) is 16.2. The zero-order chi connectivity index (χ0) is 19.2. The average molecular weight is 375 g/mol. The minimum absolute atomic E-state index is 0.219. The Labute approximate surface area is 155 Å². The molecule has 6 heteroatoms. The summed E-state index contributed by atoms with van der Waals surface area (Å²) in [6.07, 6.45) is 0.976. The van der Waals surface area contributed by atoms with Gasteiger partial charge >= 0.3 is 5.97 Å². The molecule has 0 amide bonds. The second kappa shape index (κ2) is 8.36. The van der Waals surface area contributed by atoms with Crippen LogP contribution in [0.25, 0.3) is 0 Å². The largest absolute Gasteiger partial charge is 0.460 e. The lowest BCUT2D eigenvalue weighted by atomic mass is 10.2. The normalized spacial score (nSPS) is 11.8. The average Bonchev–Trinajstić information content (AvgIpc) is 2.58. The van der Waals surface area contributed by atoms with Crippen LogP contribution < -0.4 is 5.32 Å². The smallest absolute Gasteiger partial charge is 0.306 e. The number of carbonyl (C=O) groups is 1. The van der Waals surface area contributed by atoms with Crippen LogP contribution in [0.4, 0.5) is 5.69 Å². The summed E-state index contributed by atoms with van der Waals surface area (Å²) >= 11 is 0. The standard InChI is InChI=1S/C20H25NO4S/c1-20(2,3)25-19(22)10-7-15-21-16-11-13-18(14-12-16)26(23,24)17-8-5-4-6-9-17/h4-6,8-9,11-14,21H,7,10,15H2,1-3H3. The van der Waals surface area contributed by atoms with Crippen molar-refractivity contribution in [2.45, 2.75) is 49.0 Å². The fourth-order valence-electron chi connectivity index (χ4n) is 2.35. The predicted octanol–water partition coefficient (Wildman–Crippen LogP) is 4.05. The van der Waals surface area contributed by atoms with Gasteiger partial charge in [-0.2, -0.15) is 0 Å². The summed E-state index contributed by atoms with van der Waals surface area (Å²) in [5.74, 6) is -0.219. The number of esters is 1. The van der Waals surface area contributed by atoms with E-state index in [9.17, 15) is 13.2 Å². The van der Waals surface area contributed by atoms with Gasteiger partial charge in [-0.15, -0.1) is 0 Å². The minimum Gasteiger partial charge on any atom is -0.460 e. The molecule has 0 radical (unpaired) electrons. The highest BCUT2D eigenvalue weighted by atomic mass is 32.2. The molecule has 0 bridgehead atoms. The first-order valence-electron chi connectivity index (χ1n) is 8.54. The summed E-state index contributed by atoms with van der Waals surface area (Å²) in [5, 5.41) is 3.18. The van der Waals surface area contributed by atoms with Gasteiger partial charge in [-0.1, -0.05) is 18.2 Å². The Kier molecular flexibility index (Phi) is 6.42. The molecular formula is C20H25NO4S. The molecule has 26 heavy (non-hydrogen) atoms. The van der Waals surface area contributed by atoms with E-state index in [4.69, 9.17) is 4.74 Å². The quantitative estimate of drug-likeness (QED) is 0.584. The highest BCUT2D eigenvalue weighted by Gasteiger charge is 2.17. The molecule has 0 aliphatic heterocycles. The van der Waals surface area contributed by atoms with Crippen molar-refractivity contribution >= 4 is 21.5 Å². The van der Waals surface area contributed by atoms with Crippen LogP contribution in [0.5, 0.6) is 0 Å². The lowest BCUT2D eigenvalue weighted by molar-refractivity contribution is -0.154. The number of rotatable bonds is 7. The van der Waals surface area contributed by atoms with Crippen molar-refractivity contribution in [1.29, 1.82) is 0 Å². The first-order chi connectivity index (χ1) is 12.2. The summed E-state index contributed by atoms with van der Waals surface area (Å²) in [6, 6.07) is 15.0. The van der Waals surface area contributed by atoms with E-state index in [-0.39, 0.29) is 15.8 Å². The molecule has 0 saturated heterocycles. The fourth-order valence-corrected chi connectivity index (χ4v) is 3.63. The van der Waals surface area contributed by atoms with Crippen LogP contribution >= 0.6 is 0 Å². The number of hydrogen-bond donors (Lipinski definition) is 1. The van der Waals surface area contributed by atoms with Crippen LogP contribution in [-0.2, 0) is 19.4 Å². The number of benzene rings is 2. The van der Waals surface area contributed by atoms with E-state index in [0.29, 0.717) is 19.4 Å². The minimum atomic E-state index is -3.50. The third kappa shape index (κ3) is 5.88. The summed E-state index contributed by atoms with van der Waals surface area (Å²) in [7, 11) is -3.50.